The minimum Gasteiger partial charge on any atom is -0.384 e. The van der Waals surface area contributed by atoms with Crippen LogP contribution in [0.15, 0.2) is 46.5 Å². The van der Waals surface area contributed by atoms with Gasteiger partial charge in [0.15, 0.2) is 5.82 Å². The van der Waals surface area contributed by atoms with Crippen LogP contribution in [0.1, 0.15) is 12.8 Å². The number of rotatable bonds is 4. The average Bonchev–Trinajstić information content (AvgIpc) is 3.50. The van der Waals surface area contributed by atoms with Crippen molar-refractivity contribution in [3.63, 3.8) is 0 Å². The second-order valence-corrected chi connectivity index (χ2v) is 9.18. The number of nitrogens with zero attached hydrogens (tertiary/aromatic N) is 3. The fourth-order valence-corrected chi connectivity index (χ4v) is 5.33. The predicted octanol–water partition coefficient (Wildman–Crippen LogP) is 1.99. The molecule has 0 amide bonds. The van der Waals surface area contributed by atoms with Gasteiger partial charge in [-0.1, -0.05) is 18.2 Å². The summed E-state index contributed by atoms with van der Waals surface area (Å²) in [7, 11) is -3.80. The molecular weight excluding hydrogens is 378 g/mol. The van der Waals surface area contributed by atoms with E-state index < -0.39 is 9.84 Å². The van der Waals surface area contributed by atoms with E-state index in [1.165, 1.54) is 19.2 Å². The predicted molar refractivity (Wildman–Crippen MR) is 105 cm³/mol. The Bertz CT molecular complexity index is 1130. The van der Waals surface area contributed by atoms with E-state index >= 15 is 0 Å². The summed E-state index contributed by atoms with van der Waals surface area (Å²) < 4.78 is 32.2. The summed E-state index contributed by atoms with van der Waals surface area (Å²) in [6.07, 6.45) is 3.99. The van der Waals surface area contributed by atoms with Gasteiger partial charge in [0.2, 0.25) is 9.84 Å². The Balaban J connectivity index is 1.60. The van der Waals surface area contributed by atoms with Gasteiger partial charge in [0.05, 0.1) is 17.6 Å². The highest BCUT2D eigenvalue weighted by Gasteiger charge is 2.36. The zero-order chi connectivity index (χ0) is 19.3. The Morgan fingerprint density at radius 2 is 1.96 bits per heavy atom. The smallest absolute Gasteiger partial charge is 0.212 e. The molecule has 8 nitrogen and oxygen atoms in total. The lowest BCUT2D eigenvalue weighted by atomic mass is 10.2. The molecule has 146 valence electrons. The second kappa shape index (κ2) is 6.46. The van der Waals surface area contributed by atoms with Crippen LogP contribution in [0, 0.1) is 5.92 Å². The van der Waals surface area contributed by atoms with Gasteiger partial charge >= 0.3 is 0 Å². The van der Waals surface area contributed by atoms with Crippen molar-refractivity contribution in [1.82, 2.24) is 15.0 Å². The summed E-state index contributed by atoms with van der Waals surface area (Å²) in [6.45, 7) is 2.05. The summed E-state index contributed by atoms with van der Waals surface area (Å²) in [6, 6.07) is 8.25. The molecule has 2 aliphatic rings. The first-order valence-electron chi connectivity index (χ1n) is 9.34. The topological polar surface area (TPSA) is 114 Å². The second-order valence-electron chi connectivity index (χ2n) is 7.30. The van der Waals surface area contributed by atoms with Crippen molar-refractivity contribution in [3.05, 3.63) is 36.7 Å². The normalized spacial score (nSPS) is 20.6. The quantitative estimate of drug-likeness (QED) is 0.689. The molecule has 1 saturated heterocycles. The number of aromatic nitrogens is 3. The first kappa shape index (κ1) is 17.4. The van der Waals surface area contributed by atoms with E-state index in [0.29, 0.717) is 35.9 Å². The molecule has 3 heterocycles. The van der Waals surface area contributed by atoms with Crippen LogP contribution >= 0.6 is 0 Å². The van der Waals surface area contributed by atoms with E-state index in [-0.39, 0.29) is 21.7 Å². The van der Waals surface area contributed by atoms with Crippen LogP contribution in [0.2, 0.25) is 0 Å². The monoisotopic (exact) mass is 399 g/mol. The standard InChI is InChI=1S/C19H21N5O3S/c20-18-17(28(25,26)13-4-2-1-3-5-13)15-16(23-18)19(22-11-21-15)24-8-9-27-14(10-24)12-6-7-12/h1-5,11-12,14,23H,6-10,20H2. The first-order chi connectivity index (χ1) is 13.6. The lowest BCUT2D eigenvalue weighted by molar-refractivity contribution is 0.0262. The molecule has 1 atom stereocenters. The van der Waals surface area contributed by atoms with Gasteiger partial charge in [-0.2, -0.15) is 0 Å². The molecule has 1 aromatic carbocycles. The van der Waals surface area contributed by atoms with Crippen molar-refractivity contribution in [1.29, 1.82) is 0 Å². The zero-order valence-corrected chi connectivity index (χ0v) is 16.0. The van der Waals surface area contributed by atoms with E-state index in [1.807, 2.05) is 0 Å². The number of hydrogen-bond acceptors (Lipinski definition) is 7. The Hall–Kier alpha value is -2.65. The number of nitrogen functional groups attached to an aromatic ring is 1. The Morgan fingerprint density at radius 3 is 2.71 bits per heavy atom. The fourth-order valence-electron chi connectivity index (χ4n) is 3.83. The number of anilines is 2. The summed E-state index contributed by atoms with van der Waals surface area (Å²) in [5, 5.41) is 0. The maximum atomic E-state index is 13.2. The number of morpholine rings is 1. The Kier molecular flexibility index (Phi) is 4.02. The van der Waals surface area contributed by atoms with Crippen molar-refractivity contribution in [2.45, 2.75) is 28.7 Å². The van der Waals surface area contributed by atoms with Crippen LogP contribution in [0.4, 0.5) is 11.6 Å². The van der Waals surface area contributed by atoms with Crippen molar-refractivity contribution in [2.24, 2.45) is 5.92 Å². The van der Waals surface area contributed by atoms with Gasteiger partial charge in [-0.25, -0.2) is 18.4 Å². The maximum absolute atomic E-state index is 13.2. The molecule has 9 heteroatoms. The number of hydrogen-bond donors (Lipinski definition) is 2. The van der Waals surface area contributed by atoms with Gasteiger partial charge in [-0.15, -0.1) is 0 Å². The third-order valence-electron chi connectivity index (χ3n) is 5.41. The van der Waals surface area contributed by atoms with Crippen LogP contribution in [-0.4, -0.2) is 49.2 Å². The van der Waals surface area contributed by atoms with E-state index in [1.54, 1.807) is 30.3 Å². The molecule has 3 N–H and O–H groups in total. The molecule has 1 saturated carbocycles. The number of sulfone groups is 1. The van der Waals surface area contributed by atoms with Crippen molar-refractivity contribution >= 4 is 32.5 Å². The molecule has 1 aliphatic heterocycles. The van der Waals surface area contributed by atoms with Gasteiger partial charge in [0.25, 0.3) is 0 Å². The highest BCUT2D eigenvalue weighted by atomic mass is 32.2. The maximum Gasteiger partial charge on any atom is 0.212 e. The van der Waals surface area contributed by atoms with E-state index in [2.05, 4.69) is 19.9 Å². The van der Waals surface area contributed by atoms with E-state index in [0.717, 1.165) is 6.54 Å². The van der Waals surface area contributed by atoms with Crippen molar-refractivity contribution in [2.75, 3.05) is 30.3 Å². The molecule has 5 rings (SSSR count). The van der Waals surface area contributed by atoms with E-state index in [4.69, 9.17) is 10.5 Å². The van der Waals surface area contributed by atoms with Crippen LogP contribution in [0.5, 0.6) is 0 Å². The molecule has 3 aromatic rings. The molecule has 0 bridgehead atoms. The fraction of sp³-hybridized carbons (Fsp3) is 0.368. The largest absolute Gasteiger partial charge is 0.384 e. The molecule has 2 fully saturated rings. The van der Waals surface area contributed by atoms with Crippen LogP contribution < -0.4 is 10.6 Å². The average molecular weight is 399 g/mol. The summed E-state index contributed by atoms with van der Waals surface area (Å²) in [5.41, 5.74) is 6.98. The molecule has 0 spiro atoms. The number of ether oxygens (including phenoxy) is 1. The number of nitrogens with one attached hydrogen (secondary N) is 1. The summed E-state index contributed by atoms with van der Waals surface area (Å²) in [4.78, 5) is 14.0. The first-order valence-corrected chi connectivity index (χ1v) is 10.8. The van der Waals surface area contributed by atoms with E-state index in [9.17, 15) is 8.42 Å². The molecular formula is C19H21N5O3S. The van der Waals surface area contributed by atoms with Gasteiger partial charge < -0.3 is 20.4 Å². The summed E-state index contributed by atoms with van der Waals surface area (Å²) in [5.74, 6) is 1.36. The molecule has 1 aliphatic carbocycles. The van der Waals surface area contributed by atoms with Gasteiger partial charge in [0.1, 0.15) is 28.1 Å². The number of nitrogens with two attached hydrogens (primary N) is 1. The number of aromatic amines is 1. The molecule has 1 unspecified atom stereocenters. The highest BCUT2D eigenvalue weighted by Crippen LogP contribution is 2.38. The number of H-pyrrole nitrogens is 1. The summed E-state index contributed by atoms with van der Waals surface area (Å²) >= 11 is 0. The van der Waals surface area contributed by atoms with Crippen LogP contribution in [0.3, 0.4) is 0 Å². The lowest BCUT2D eigenvalue weighted by Crippen LogP contribution is -2.44. The molecule has 0 radical (unpaired) electrons. The molecule has 2 aromatic heterocycles. The SMILES string of the molecule is Nc1[nH]c2c(N3CCOC(C4CC4)C3)ncnc2c1S(=O)(=O)c1ccccc1. The minimum absolute atomic E-state index is 0.00403. The highest BCUT2D eigenvalue weighted by molar-refractivity contribution is 7.92. The van der Waals surface area contributed by atoms with Crippen molar-refractivity contribution < 1.29 is 13.2 Å². The third-order valence-corrected chi connectivity index (χ3v) is 7.25. The number of fused-ring (bicyclic) bond motifs is 1. The van der Waals surface area contributed by atoms with Crippen molar-refractivity contribution in [3.8, 4) is 0 Å². The Morgan fingerprint density at radius 1 is 1.18 bits per heavy atom. The Labute approximate surface area is 162 Å². The van der Waals surface area contributed by atoms with Gasteiger partial charge in [0, 0.05) is 13.1 Å². The number of benzene rings is 1. The van der Waals surface area contributed by atoms with Crippen LogP contribution in [0.25, 0.3) is 11.0 Å². The van der Waals surface area contributed by atoms with Gasteiger partial charge in [-0.3, -0.25) is 0 Å². The molecule has 28 heavy (non-hydrogen) atoms. The zero-order valence-electron chi connectivity index (χ0n) is 15.2. The van der Waals surface area contributed by atoms with Crippen LogP contribution in [-0.2, 0) is 14.6 Å². The van der Waals surface area contributed by atoms with Gasteiger partial charge in [-0.05, 0) is 30.9 Å². The lowest BCUT2D eigenvalue weighted by Gasteiger charge is -2.34. The third kappa shape index (κ3) is 2.82. The minimum atomic E-state index is -3.80.